The minimum atomic E-state index is -0.891. The summed E-state index contributed by atoms with van der Waals surface area (Å²) in [6, 6.07) is 8.05. The molecule has 1 aromatic heterocycles. The van der Waals surface area contributed by atoms with E-state index in [1.807, 2.05) is 19.1 Å². The lowest BCUT2D eigenvalue weighted by atomic mass is 9.90. The summed E-state index contributed by atoms with van der Waals surface area (Å²) in [6.07, 6.45) is 3.95. The number of benzene rings is 1. The summed E-state index contributed by atoms with van der Waals surface area (Å²) >= 11 is 0. The molecule has 118 valence electrons. The molecule has 2 aliphatic heterocycles. The van der Waals surface area contributed by atoms with Gasteiger partial charge in [-0.3, -0.25) is 9.88 Å². The second-order valence-electron chi connectivity index (χ2n) is 6.09. The van der Waals surface area contributed by atoms with Crippen LogP contribution in [0.2, 0.25) is 0 Å². The second-order valence-corrected chi connectivity index (χ2v) is 6.09. The van der Waals surface area contributed by atoms with Gasteiger partial charge in [0, 0.05) is 24.4 Å². The van der Waals surface area contributed by atoms with Gasteiger partial charge in [-0.1, -0.05) is 18.2 Å². The number of carbonyl (C=O) groups is 1. The summed E-state index contributed by atoms with van der Waals surface area (Å²) < 4.78 is 20.1. The van der Waals surface area contributed by atoms with Crippen molar-refractivity contribution in [2.75, 3.05) is 0 Å². The molecular formula is C17H16FN3O2. The largest absolute Gasteiger partial charge is 0.465 e. The van der Waals surface area contributed by atoms with Gasteiger partial charge in [-0.25, -0.2) is 9.18 Å². The standard InChI is InChI=1S/C17H16FN3O2/c1-17-8-14(12-5-2-6-13(18)15(12)23-17)20-16(22)21(17)10-11-4-3-7-19-9-11/h2-7,9,14H,8,10H2,1H3,(H,20,22). The number of halogens is 1. The molecule has 2 aromatic rings. The van der Waals surface area contributed by atoms with E-state index in [0.717, 1.165) is 5.56 Å². The van der Waals surface area contributed by atoms with Crippen molar-refractivity contribution < 1.29 is 13.9 Å². The van der Waals surface area contributed by atoms with Crippen LogP contribution in [0.25, 0.3) is 0 Å². The van der Waals surface area contributed by atoms with E-state index < -0.39 is 11.5 Å². The fraction of sp³-hybridized carbons (Fsp3) is 0.294. The summed E-state index contributed by atoms with van der Waals surface area (Å²) in [4.78, 5) is 18.2. The van der Waals surface area contributed by atoms with Gasteiger partial charge in [0.15, 0.2) is 17.3 Å². The first-order chi connectivity index (χ1) is 11.1. The molecule has 1 fully saturated rings. The van der Waals surface area contributed by atoms with Gasteiger partial charge in [0.1, 0.15) is 0 Å². The number of fused-ring (bicyclic) bond motifs is 4. The number of hydrogen-bond acceptors (Lipinski definition) is 3. The van der Waals surface area contributed by atoms with E-state index in [2.05, 4.69) is 10.3 Å². The Morgan fingerprint density at radius 2 is 2.30 bits per heavy atom. The van der Waals surface area contributed by atoms with Crippen molar-refractivity contribution in [3.05, 3.63) is 59.7 Å². The topological polar surface area (TPSA) is 54.5 Å². The van der Waals surface area contributed by atoms with Crippen LogP contribution in [0, 0.1) is 5.82 Å². The fourth-order valence-electron chi connectivity index (χ4n) is 3.31. The van der Waals surface area contributed by atoms with Crippen LogP contribution in [-0.2, 0) is 6.54 Å². The fourth-order valence-corrected chi connectivity index (χ4v) is 3.31. The third-order valence-electron chi connectivity index (χ3n) is 4.45. The Morgan fingerprint density at radius 1 is 1.43 bits per heavy atom. The minimum absolute atomic E-state index is 0.220. The molecule has 2 amide bonds. The summed E-state index contributed by atoms with van der Waals surface area (Å²) in [5.41, 5.74) is 0.694. The zero-order chi connectivity index (χ0) is 16.0. The van der Waals surface area contributed by atoms with E-state index in [9.17, 15) is 9.18 Å². The number of amides is 2. The Morgan fingerprint density at radius 3 is 3.09 bits per heavy atom. The molecule has 3 heterocycles. The summed E-state index contributed by atoms with van der Waals surface area (Å²) in [7, 11) is 0. The first kappa shape index (κ1) is 14.0. The molecule has 4 rings (SSSR count). The zero-order valence-electron chi connectivity index (χ0n) is 12.6. The number of nitrogens with zero attached hydrogens (tertiary/aromatic N) is 2. The van der Waals surface area contributed by atoms with E-state index in [0.29, 0.717) is 18.5 Å². The number of ether oxygens (including phenoxy) is 1. The molecule has 2 aliphatic rings. The van der Waals surface area contributed by atoms with Crippen LogP contribution in [-0.4, -0.2) is 21.6 Å². The first-order valence-corrected chi connectivity index (χ1v) is 7.51. The number of hydrogen-bond donors (Lipinski definition) is 1. The smallest absolute Gasteiger partial charge is 0.321 e. The lowest BCUT2D eigenvalue weighted by Gasteiger charge is -2.50. The monoisotopic (exact) mass is 313 g/mol. The molecule has 5 nitrogen and oxygen atoms in total. The maximum absolute atomic E-state index is 14.1. The van der Waals surface area contributed by atoms with E-state index in [1.165, 1.54) is 6.07 Å². The molecule has 2 bridgehead atoms. The van der Waals surface area contributed by atoms with Crippen LogP contribution in [0.3, 0.4) is 0 Å². The maximum atomic E-state index is 14.1. The molecule has 2 unspecified atom stereocenters. The van der Waals surface area contributed by atoms with Crippen LogP contribution < -0.4 is 10.1 Å². The number of nitrogens with one attached hydrogen (secondary N) is 1. The highest BCUT2D eigenvalue weighted by Gasteiger charge is 2.49. The van der Waals surface area contributed by atoms with Crippen LogP contribution >= 0.6 is 0 Å². The normalized spacial score (nSPS) is 25.4. The molecule has 1 saturated heterocycles. The summed E-state index contributed by atoms with van der Waals surface area (Å²) in [6.45, 7) is 2.18. The van der Waals surface area contributed by atoms with Gasteiger partial charge >= 0.3 is 6.03 Å². The van der Waals surface area contributed by atoms with E-state index >= 15 is 0 Å². The number of aromatic nitrogens is 1. The van der Waals surface area contributed by atoms with Crippen molar-refractivity contribution in [3.8, 4) is 5.75 Å². The Kier molecular flexibility index (Phi) is 3.01. The predicted molar refractivity (Wildman–Crippen MR) is 81.1 cm³/mol. The number of carbonyl (C=O) groups excluding carboxylic acids is 1. The van der Waals surface area contributed by atoms with Crippen LogP contribution in [0.15, 0.2) is 42.7 Å². The maximum Gasteiger partial charge on any atom is 0.321 e. The van der Waals surface area contributed by atoms with E-state index in [-0.39, 0.29) is 17.8 Å². The SMILES string of the molecule is CC12CC(NC(=O)N1Cc1cccnc1)c1cccc(F)c1O2. The minimum Gasteiger partial charge on any atom is -0.465 e. The van der Waals surface area contributed by atoms with Crippen molar-refractivity contribution in [2.45, 2.75) is 31.7 Å². The highest BCUT2D eigenvalue weighted by molar-refractivity contribution is 5.77. The Hall–Kier alpha value is -2.63. The van der Waals surface area contributed by atoms with E-state index in [4.69, 9.17) is 4.74 Å². The molecule has 0 saturated carbocycles. The summed E-state index contributed by atoms with van der Waals surface area (Å²) in [5, 5.41) is 2.95. The van der Waals surface area contributed by atoms with Crippen molar-refractivity contribution in [3.63, 3.8) is 0 Å². The molecule has 1 aromatic carbocycles. The second kappa shape index (κ2) is 4.94. The van der Waals surface area contributed by atoms with Crippen molar-refractivity contribution in [2.24, 2.45) is 0 Å². The molecular weight excluding hydrogens is 297 g/mol. The number of pyridine rings is 1. The van der Waals surface area contributed by atoms with Crippen molar-refractivity contribution in [1.29, 1.82) is 0 Å². The van der Waals surface area contributed by atoms with Gasteiger partial charge < -0.3 is 10.1 Å². The lowest BCUT2D eigenvalue weighted by Crippen LogP contribution is -2.64. The third kappa shape index (κ3) is 2.21. The van der Waals surface area contributed by atoms with Gasteiger partial charge in [-0.15, -0.1) is 0 Å². The van der Waals surface area contributed by atoms with Crippen LogP contribution in [0.1, 0.15) is 30.5 Å². The molecule has 0 radical (unpaired) electrons. The zero-order valence-corrected chi connectivity index (χ0v) is 12.6. The predicted octanol–water partition coefficient (Wildman–Crippen LogP) is 2.99. The molecule has 23 heavy (non-hydrogen) atoms. The highest BCUT2D eigenvalue weighted by Crippen LogP contribution is 2.45. The average molecular weight is 313 g/mol. The van der Waals surface area contributed by atoms with Gasteiger partial charge in [0.05, 0.1) is 12.6 Å². The summed E-state index contributed by atoms with van der Waals surface area (Å²) in [5.74, 6) is -0.182. The molecule has 1 N–H and O–H groups in total. The molecule has 0 spiro atoms. The average Bonchev–Trinajstić information content (AvgIpc) is 2.53. The van der Waals surface area contributed by atoms with Gasteiger partial charge in [0.2, 0.25) is 0 Å². The number of rotatable bonds is 2. The number of urea groups is 1. The van der Waals surface area contributed by atoms with Gasteiger partial charge in [0.25, 0.3) is 0 Å². The highest BCUT2D eigenvalue weighted by atomic mass is 19.1. The lowest BCUT2D eigenvalue weighted by molar-refractivity contribution is -0.0901. The number of para-hydroxylation sites is 1. The quantitative estimate of drug-likeness (QED) is 0.927. The van der Waals surface area contributed by atoms with Crippen molar-refractivity contribution >= 4 is 6.03 Å². The van der Waals surface area contributed by atoms with Gasteiger partial charge in [-0.2, -0.15) is 0 Å². The molecule has 2 atom stereocenters. The Bertz CT molecular complexity index is 768. The van der Waals surface area contributed by atoms with Crippen molar-refractivity contribution in [1.82, 2.24) is 15.2 Å². The third-order valence-corrected chi connectivity index (χ3v) is 4.45. The van der Waals surface area contributed by atoms with Gasteiger partial charge in [-0.05, 0) is 24.6 Å². The molecule has 0 aliphatic carbocycles. The van der Waals surface area contributed by atoms with E-state index in [1.54, 1.807) is 29.4 Å². The molecule has 6 heteroatoms. The van der Waals surface area contributed by atoms with Crippen LogP contribution in [0.4, 0.5) is 9.18 Å². The van der Waals surface area contributed by atoms with Crippen LogP contribution in [0.5, 0.6) is 5.75 Å². The first-order valence-electron chi connectivity index (χ1n) is 7.51. The Balaban J connectivity index is 1.72. The Labute approximate surface area is 133 Å².